The van der Waals surface area contributed by atoms with Gasteiger partial charge in [0.05, 0.1) is 24.5 Å². The lowest BCUT2D eigenvalue weighted by atomic mass is 10.2. The summed E-state index contributed by atoms with van der Waals surface area (Å²) in [4.78, 5) is 19.7. The van der Waals surface area contributed by atoms with Gasteiger partial charge < -0.3 is 9.64 Å². The van der Waals surface area contributed by atoms with Gasteiger partial charge in [0.1, 0.15) is 24.6 Å². The zero-order valence-corrected chi connectivity index (χ0v) is 15.8. The van der Waals surface area contributed by atoms with E-state index in [2.05, 4.69) is 15.0 Å². The van der Waals surface area contributed by atoms with E-state index < -0.39 is 6.09 Å². The standard InChI is InChI=1S/C18H22FN5O2S/c19-16-9-14(3-4-17(16)22-5-1-7-27-8-2-6-22)24-11-15(26-18(24)25)10-23-13-20-12-21-23/h3-4,9,12-13,15H,1-2,5-8,10-11H2. The maximum atomic E-state index is 14.8. The molecule has 144 valence electrons. The molecule has 1 amide bonds. The summed E-state index contributed by atoms with van der Waals surface area (Å²) in [6.07, 6.45) is 4.31. The number of rotatable bonds is 4. The Balaban J connectivity index is 1.46. The van der Waals surface area contributed by atoms with Crippen LogP contribution in [0.4, 0.5) is 20.6 Å². The summed E-state index contributed by atoms with van der Waals surface area (Å²) in [6, 6.07) is 5.00. The number of anilines is 2. The molecular formula is C18H22FN5O2S. The number of thioether (sulfide) groups is 1. The Labute approximate surface area is 161 Å². The van der Waals surface area contributed by atoms with E-state index in [1.165, 1.54) is 17.3 Å². The monoisotopic (exact) mass is 391 g/mol. The van der Waals surface area contributed by atoms with E-state index in [1.807, 2.05) is 11.8 Å². The predicted octanol–water partition coefficient (Wildman–Crippen LogP) is 2.78. The van der Waals surface area contributed by atoms with Crippen LogP contribution >= 0.6 is 11.8 Å². The highest BCUT2D eigenvalue weighted by Crippen LogP contribution is 2.29. The second-order valence-electron chi connectivity index (χ2n) is 6.68. The SMILES string of the molecule is O=C1OC(Cn2cncn2)CN1c1ccc(N2CCCSCCC2)c(F)c1. The fraction of sp³-hybridized carbons (Fsp3) is 0.500. The van der Waals surface area contributed by atoms with Crippen LogP contribution in [0.3, 0.4) is 0 Å². The summed E-state index contributed by atoms with van der Waals surface area (Å²) >= 11 is 1.96. The highest BCUT2D eigenvalue weighted by molar-refractivity contribution is 7.99. The molecule has 0 aliphatic carbocycles. The smallest absolute Gasteiger partial charge is 0.414 e. The van der Waals surface area contributed by atoms with Gasteiger partial charge in [-0.3, -0.25) is 4.90 Å². The van der Waals surface area contributed by atoms with Crippen LogP contribution in [0.15, 0.2) is 30.9 Å². The third-order valence-electron chi connectivity index (χ3n) is 4.75. The zero-order valence-electron chi connectivity index (χ0n) is 15.0. The molecule has 3 heterocycles. The second kappa shape index (κ2) is 8.16. The fourth-order valence-electron chi connectivity index (χ4n) is 3.45. The molecule has 9 heteroatoms. The average Bonchev–Trinajstić information content (AvgIpc) is 3.25. The number of carbonyl (C=O) groups is 1. The van der Waals surface area contributed by atoms with E-state index in [1.54, 1.807) is 23.1 Å². The molecular weight excluding hydrogens is 369 g/mol. The van der Waals surface area contributed by atoms with Gasteiger partial charge >= 0.3 is 6.09 Å². The molecule has 4 rings (SSSR count). The molecule has 2 saturated heterocycles. The molecule has 0 N–H and O–H groups in total. The zero-order chi connectivity index (χ0) is 18.6. The number of nitrogens with zero attached hydrogens (tertiary/aromatic N) is 5. The predicted molar refractivity (Wildman–Crippen MR) is 103 cm³/mol. The Bertz CT molecular complexity index is 780. The van der Waals surface area contributed by atoms with Gasteiger partial charge in [-0.05, 0) is 42.5 Å². The number of amides is 1. The lowest BCUT2D eigenvalue weighted by molar-refractivity contribution is 0.129. The van der Waals surface area contributed by atoms with Crippen molar-refractivity contribution in [3.8, 4) is 0 Å². The first kappa shape index (κ1) is 18.1. The molecule has 0 bridgehead atoms. The first-order valence-electron chi connectivity index (χ1n) is 9.13. The van der Waals surface area contributed by atoms with E-state index in [-0.39, 0.29) is 11.9 Å². The minimum absolute atomic E-state index is 0.298. The molecule has 1 aromatic heterocycles. The van der Waals surface area contributed by atoms with Gasteiger partial charge in [-0.2, -0.15) is 16.9 Å². The maximum absolute atomic E-state index is 14.8. The van der Waals surface area contributed by atoms with Crippen molar-refractivity contribution in [1.82, 2.24) is 14.8 Å². The third kappa shape index (κ3) is 4.18. The number of hydrogen-bond donors (Lipinski definition) is 0. The van der Waals surface area contributed by atoms with Crippen LogP contribution < -0.4 is 9.80 Å². The Morgan fingerprint density at radius 1 is 1.26 bits per heavy atom. The van der Waals surface area contributed by atoms with Crippen molar-refractivity contribution < 1.29 is 13.9 Å². The molecule has 1 aromatic carbocycles. The minimum Gasteiger partial charge on any atom is -0.442 e. The normalized spacial score (nSPS) is 21.1. The van der Waals surface area contributed by atoms with Crippen LogP contribution in [0, 0.1) is 5.82 Å². The van der Waals surface area contributed by atoms with Gasteiger partial charge in [0.2, 0.25) is 0 Å². The molecule has 7 nitrogen and oxygen atoms in total. The summed E-state index contributed by atoms with van der Waals surface area (Å²) < 4.78 is 21.8. The molecule has 1 unspecified atom stereocenters. The molecule has 0 radical (unpaired) electrons. The van der Waals surface area contributed by atoms with Crippen molar-refractivity contribution in [2.75, 3.05) is 40.9 Å². The summed E-state index contributed by atoms with van der Waals surface area (Å²) in [5, 5.41) is 4.02. The molecule has 0 saturated carbocycles. The van der Waals surface area contributed by atoms with Gasteiger partial charge in [0, 0.05) is 13.1 Å². The van der Waals surface area contributed by atoms with Gasteiger partial charge in [-0.25, -0.2) is 18.9 Å². The Hall–Kier alpha value is -2.29. The molecule has 2 aromatic rings. The van der Waals surface area contributed by atoms with Gasteiger partial charge in [-0.1, -0.05) is 0 Å². The number of cyclic esters (lactones) is 1. The largest absolute Gasteiger partial charge is 0.442 e. The van der Waals surface area contributed by atoms with Crippen molar-refractivity contribution in [1.29, 1.82) is 0 Å². The Morgan fingerprint density at radius 3 is 2.78 bits per heavy atom. The van der Waals surface area contributed by atoms with E-state index in [4.69, 9.17) is 4.74 Å². The minimum atomic E-state index is -0.462. The molecule has 2 aliphatic heterocycles. The first-order chi connectivity index (χ1) is 13.2. The lowest BCUT2D eigenvalue weighted by Crippen LogP contribution is -2.29. The Morgan fingerprint density at radius 2 is 2.07 bits per heavy atom. The van der Waals surface area contributed by atoms with E-state index >= 15 is 0 Å². The van der Waals surface area contributed by atoms with Crippen molar-refractivity contribution in [2.24, 2.45) is 0 Å². The van der Waals surface area contributed by atoms with Crippen LogP contribution in [-0.2, 0) is 11.3 Å². The number of aromatic nitrogens is 3. The number of benzene rings is 1. The highest BCUT2D eigenvalue weighted by atomic mass is 32.2. The number of carbonyl (C=O) groups excluding carboxylic acids is 1. The fourth-order valence-corrected chi connectivity index (χ4v) is 4.32. The summed E-state index contributed by atoms with van der Waals surface area (Å²) in [5.41, 5.74) is 1.13. The lowest BCUT2D eigenvalue weighted by Gasteiger charge is -2.27. The molecule has 2 fully saturated rings. The van der Waals surface area contributed by atoms with Gasteiger partial charge in [0.15, 0.2) is 0 Å². The molecule has 0 spiro atoms. The number of halogens is 1. The van der Waals surface area contributed by atoms with Crippen molar-refractivity contribution in [2.45, 2.75) is 25.5 Å². The highest BCUT2D eigenvalue weighted by Gasteiger charge is 2.33. The maximum Gasteiger partial charge on any atom is 0.414 e. The van der Waals surface area contributed by atoms with Crippen molar-refractivity contribution in [3.05, 3.63) is 36.7 Å². The van der Waals surface area contributed by atoms with E-state index in [9.17, 15) is 9.18 Å². The van der Waals surface area contributed by atoms with Crippen molar-refractivity contribution in [3.63, 3.8) is 0 Å². The van der Waals surface area contributed by atoms with Gasteiger partial charge in [-0.15, -0.1) is 0 Å². The Kier molecular flexibility index (Phi) is 5.47. The van der Waals surface area contributed by atoms with Crippen LogP contribution in [0.2, 0.25) is 0 Å². The quantitative estimate of drug-likeness (QED) is 0.799. The summed E-state index contributed by atoms with van der Waals surface area (Å²) in [6.45, 7) is 2.50. The van der Waals surface area contributed by atoms with Crippen LogP contribution in [0.1, 0.15) is 12.8 Å². The topological polar surface area (TPSA) is 63.5 Å². The van der Waals surface area contributed by atoms with Gasteiger partial charge in [0.25, 0.3) is 0 Å². The number of hydrogen-bond acceptors (Lipinski definition) is 6. The first-order valence-corrected chi connectivity index (χ1v) is 10.3. The molecule has 2 aliphatic rings. The molecule has 27 heavy (non-hydrogen) atoms. The molecule has 1 atom stereocenters. The van der Waals surface area contributed by atoms with Crippen LogP contribution in [0.5, 0.6) is 0 Å². The van der Waals surface area contributed by atoms with Crippen molar-refractivity contribution >= 4 is 29.2 Å². The second-order valence-corrected chi connectivity index (χ2v) is 7.90. The third-order valence-corrected chi connectivity index (χ3v) is 5.90. The number of ether oxygens (including phenoxy) is 1. The average molecular weight is 391 g/mol. The van der Waals surface area contributed by atoms with Crippen LogP contribution in [-0.4, -0.2) is 58.1 Å². The summed E-state index contributed by atoms with van der Waals surface area (Å²) in [5.74, 6) is 1.93. The summed E-state index contributed by atoms with van der Waals surface area (Å²) in [7, 11) is 0. The van der Waals surface area contributed by atoms with E-state index in [0.717, 1.165) is 37.4 Å². The van der Waals surface area contributed by atoms with Crippen LogP contribution in [0.25, 0.3) is 0 Å². The van der Waals surface area contributed by atoms with E-state index in [0.29, 0.717) is 24.5 Å².